The zero-order chi connectivity index (χ0) is 19.6. The fraction of sp³-hybridized carbons (Fsp3) is 1.00. The zero-order valence-corrected chi connectivity index (χ0v) is 15.8. The van der Waals surface area contributed by atoms with Crippen molar-refractivity contribution in [3.8, 4) is 0 Å². The number of alkyl halides is 6. The summed E-state index contributed by atoms with van der Waals surface area (Å²) in [5.41, 5.74) is 1.90. The van der Waals surface area contributed by atoms with E-state index >= 15 is 8.78 Å². The SMILES string of the molecule is CCC(CC)C(C)(CC(F)(F)C(N)(F)F)C(F)(F)C(S)(CC)CC. The fourth-order valence-electron chi connectivity index (χ4n) is 3.51. The molecule has 0 radical (unpaired) electrons. The van der Waals surface area contributed by atoms with Crippen LogP contribution in [0.25, 0.3) is 0 Å². The summed E-state index contributed by atoms with van der Waals surface area (Å²) in [5, 5.41) is 0. The Balaban J connectivity index is 6.29. The third kappa shape index (κ3) is 4.00. The van der Waals surface area contributed by atoms with Crippen molar-refractivity contribution >= 4 is 12.6 Å². The molecule has 24 heavy (non-hydrogen) atoms. The Morgan fingerprint density at radius 3 is 1.50 bits per heavy atom. The number of hydrogen-bond acceptors (Lipinski definition) is 2. The average molecular weight is 381 g/mol. The second-order valence-corrected chi connectivity index (χ2v) is 7.60. The van der Waals surface area contributed by atoms with E-state index in [0.29, 0.717) is 0 Å². The van der Waals surface area contributed by atoms with Gasteiger partial charge in [0.15, 0.2) is 0 Å². The molecule has 0 bridgehead atoms. The highest BCUT2D eigenvalue weighted by Crippen LogP contribution is 2.59. The molecule has 0 amide bonds. The average Bonchev–Trinajstić information content (AvgIpc) is 2.45. The lowest BCUT2D eigenvalue weighted by Crippen LogP contribution is -2.61. The molecule has 0 aliphatic heterocycles. The smallest absolute Gasteiger partial charge is 0.267 e. The predicted octanol–water partition coefficient (Wildman–Crippen LogP) is 6.13. The van der Waals surface area contributed by atoms with Crippen LogP contribution in [0.4, 0.5) is 26.3 Å². The Bertz CT molecular complexity index is 402. The van der Waals surface area contributed by atoms with Crippen molar-refractivity contribution < 1.29 is 26.3 Å². The van der Waals surface area contributed by atoms with Crippen molar-refractivity contribution in [3.63, 3.8) is 0 Å². The van der Waals surface area contributed by atoms with Gasteiger partial charge in [-0.05, 0) is 18.8 Å². The lowest BCUT2D eigenvalue weighted by molar-refractivity contribution is -0.258. The van der Waals surface area contributed by atoms with E-state index in [1.54, 1.807) is 13.8 Å². The van der Waals surface area contributed by atoms with Crippen LogP contribution in [0.5, 0.6) is 0 Å². The lowest BCUT2D eigenvalue weighted by Gasteiger charge is -2.51. The Labute approximate surface area is 146 Å². The van der Waals surface area contributed by atoms with Crippen molar-refractivity contribution in [1.82, 2.24) is 0 Å². The van der Waals surface area contributed by atoms with Crippen LogP contribution in [0.3, 0.4) is 0 Å². The number of rotatable bonds is 10. The molecule has 0 spiro atoms. The standard InChI is InChI=1S/C16H29F6NS/c1-6-11(7-2)12(5,10-14(17,18)16(21,22)23)15(19,20)13(24,8-3)9-4/h11,24H,6-10,23H2,1-5H3. The van der Waals surface area contributed by atoms with E-state index in [0.717, 1.165) is 6.92 Å². The van der Waals surface area contributed by atoms with Crippen LogP contribution in [0.2, 0.25) is 0 Å². The van der Waals surface area contributed by atoms with E-state index in [-0.39, 0.29) is 25.7 Å². The lowest BCUT2D eigenvalue weighted by atomic mass is 9.62. The van der Waals surface area contributed by atoms with Gasteiger partial charge in [0.25, 0.3) is 5.92 Å². The Kier molecular flexibility index (Phi) is 7.60. The van der Waals surface area contributed by atoms with Gasteiger partial charge in [0, 0.05) is 11.8 Å². The topological polar surface area (TPSA) is 26.0 Å². The highest BCUT2D eigenvalue weighted by Gasteiger charge is 2.68. The molecule has 0 aromatic carbocycles. The van der Waals surface area contributed by atoms with E-state index in [1.807, 2.05) is 0 Å². The number of nitrogens with two attached hydrogens (primary N) is 1. The van der Waals surface area contributed by atoms with Gasteiger partial charge in [-0.2, -0.15) is 30.2 Å². The third-order valence-electron chi connectivity index (χ3n) is 5.44. The van der Waals surface area contributed by atoms with E-state index in [2.05, 4.69) is 18.4 Å². The summed E-state index contributed by atoms with van der Waals surface area (Å²) in [5.74, 6) is -9.33. The minimum absolute atomic E-state index is 0.0834. The second-order valence-electron chi connectivity index (χ2n) is 6.75. The Morgan fingerprint density at radius 1 is 0.875 bits per heavy atom. The van der Waals surface area contributed by atoms with Crippen molar-refractivity contribution in [2.75, 3.05) is 0 Å². The fourth-order valence-corrected chi connectivity index (χ4v) is 3.76. The van der Waals surface area contributed by atoms with Crippen LogP contribution in [-0.2, 0) is 0 Å². The largest absolute Gasteiger partial charge is 0.362 e. The molecule has 0 aliphatic rings. The normalized spacial score (nSPS) is 17.2. The van der Waals surface area contributed by atoms with Gasteiger partial charge in [0.05, 0.1) is 4.75 Å². The molecule has 0 aromatic heterocycles. The molecule has 146 valence electrons. The number of thiol groups is 1. The maximum absolute atomic E-state index is 15.4. The molecule has 0 aromatic rings. The summed E-state index contributed by atoms with van der Waals surface area (Å²) in [6.45, 7) is 7.08. The van der Waals surface area contributed by atoms with Crippen molar-refractivity contribution in [1.29, 1.82) is 0 Å². The zero-order valence-electron chi connectivity index (χ0n) is 14.9. The van der Waals surface area contributed by atoms with Gasteiger partial charge in [-0.25, -0.2) is 8.78 Å². The Hall–Kier alpha value is -0.110. The van der Waals surface area contributed by atoms with Crippen LogP contribution < -0.4 is 5.73 Å². The van der Waals surface area contributed by atoms with Gasteiger partial charge < -0.3 is 0 Å². The maximum atomic E-state index is 15.4. The van der Waals surface area contributed by atoms with Crippen LogP contribution in [0.1, 0.15) is 66.7 Å². The molecule has 0 aliphatic carbocycles. The first-order valence-corrected chi connectivity index (χ1v) is 8.69. The van der Waals surface area contributed by atoms with Gasteiger partial charge in [-0.3, -0.25) is 5.73 Å². The van der Waals surface area contributed by atoms with Crippen LogP contribution in [-0.4, -0.2) is 22.6 Å². The molecular formula is C16H29F6NS. The second kappa shape index (κ2) is 7.64. The summed E-state index contributed by atoms with van der Waals surface area (Å²) in [6, 6.07) is -4.87. The molecule has 0 saturated heterocycles. The molecule has 0 fully saturated rings. The van der Waals surface area contributed by atoms with Crippen LogP contribution in [0.15, 0.2) is 0 Å². The summed E-state index contributed by atoms with van der Waals surface area (Å²) < 4.78 is 83.0. The maximum Gasteiger partial charge on any atom is 0.362 e. The third-order valence-corrected chi connectivity index (χ3v) is 6.35. The molecule has 0 saturated carbocycles. The van der Waals surface area contributed by atoms with Crippen molar-refractivity contribution in [3.05, 3.63) is 0 Å². The monoisotopic (exact) mass is 381 g/mol. The highest BCUT2D eigenvalue weighted by atomic mass is 32.1. The van der Waals surface area contributed by atoms with Crippen LogP contribution >= 0.6 is 12.6 Å². The summed E-state index contributed by atoms with van der Waals surface area (Å²) in [6.07, 6.45) is -1.55. The van der Waals surface area contributed by atoms with Gasteiger partial charge in [-0.15, -0.1) is 0 Å². The molecule has 1 unspecified atom stereocenters. The van der Waals surface area contributed by atoms with Gasteiger partial charge in [0.2, 0.25) is 0 Å². The molecule has 0 heterocycles. The Morgan fingerprint density at radius 2 is 1.25 bits per heavy atom. The first kappa shape index (κ1) is 23.9. The number of hydrogen-bond donors (Lipinski definition) is 2. The first-order valence-electron chi connectivity index (χ1n) is 8.24. The van der Waals surface area contributed by atoms with Crippen LogP contribution in [0, 0.1) is 11.3 Å². The first-order chi connectivity index (χ1) is 10.6. The minimum Gasteiger partial charge on any atom is -0.267 e. The van der Waals surface area contributed by atoms with Gasteiger partial charge in [0.1, 0.15) is 0 Å². The predicted molar refractivity (Wildman–Crippen MR) is 88.1 cm³/mol. The summed E-state index contributed by atoms with van der Waals surface area (Å²) >= 11 is 4.07. The minimum atomic E-state index is -4.87. The molecule has 8 heteroatoms. The van der Waals surface area contributed by atoms with Gasteiger partial charge in [-0.1, -0.05) is 47.5 Å². The summed E-state index contributed by atoms with van der Waals surface area (Å²) in [7, 11) is 0. The highest BCUT2D eigenvalue weighted by molar-refractivity contribution is 7.81. The van der Waals surface area contributed by atoms with E-state index in [4.69, 9.17) is 0 Å². The molecule has 1 atom stereocenters. The molecular weight excluding hydrogens is 352 g/mol. The number of halogens is 6. The van der Waals surface area contributed by atoms with Crippen molar-refractivity contribution in [2.24, 2.45) is 17.1 Å². The summed E-state index contributed by atoms with van der Waals surface area (Å²) in [4.78, 5) is 0. The molecule has 2 N–H and O–H groups in total. The molecule has 1 nitrogen and oxygen atoms in total. The quantitative estimate of drug-likeness (QED) is 0.266. The van der Waals surface area contributed by atoms with Gasteiger partial charge >= 0.3 is 12.0 Å². The van der Waals surface area contributed by atoms with Crippen molar-refractivity contribution in [2.45, 2.75) is 89.4 Å². The van der Waals surface area contributed by atoms with E-state index < -0.39 is 40.4 Å². The van der Waals surface area contributed by atoms with E-state index in [1.165, 1.54) is 13.8 Å². The van der Waals surface area contributed by atoms with E-state index in [9.17, 15) is 17.6 Å². The molecule has 0 rings (SSSR count).